The first-order chi connectivity index (χ1) is 7.88. The summed E-state index contributed by atoms with van der Waals surface area (Å²) in [6, 6.07) is 5.65. The third kappa shape index (κ3) is 2.65. The lowest BCUT2D eigenvalue weighted by molar-refractivity contribution is 0.394. The van der Waals surface area contributed by atoms with Gasteiger partial charge in [-0.15, -0.1) is 0 Å². The molecule has 0 bridgehead atoms. The Morgan fingerprint density at radius 3 is 2.76 bits per heavy atom. The maximum absolute atomic E-state index is 13.1. The lowest BCUT2D eigenvalue weighted by Gasteiger charge is -2.21. The standard InChI is InChI=1S/C11H15FN2O2S/c1-8-5-11(14(7-8)17(13,15)16)9-3-2-4-10(12)6-9/h2-4,6,8,11H,5,7H2,1H3,(H2,13,15,16)/t8-,11-/m0/s1. The minimum atomic E-state index is -3.73. The molecular weight excluding hydrogens is 243 g/mol. The highest BCUT2D eigenvalue weighted by Crippen LogP contribution is 2.36. The van der Waals surface area contributed by atoms with Crippen molar-refractivity contribution in [2.24, 2.45) is 11.1 Å². The molecule has 0 aliphatic carbocycles. The van der Waals surface area contributed by atoms with E-state index in [-0.39, 0.29) is 17.8 Å². The molecule has 4 nitrogen and oxygen atoms in total. The second-order valence-electron chi connectivity index (χ2n) is 4.53. The number of nitrogens with two attached hydrogens (primary N) is 1. The maximum Gasteiger partial charge on any atom is 0.277 e. The zero-order valence-corrected chi connectivity index (χ0v) is 10.3. The predicted molar refractivity (Wildman–Crippen MR) is 62.7 cm³/mol. The maximum atomic E-state index is 13.1. The van der Waals surface area contributed by atoms with Crippen LogP contribution in [-0.2, 0) is 10.2 Å². The van der Waals surface area contributed by atoms with Crippen molar-refractivity contribution < 1.29 is 12.8 Å². The lowest BCUT2D eigenvalue weighted by Crippen LogP contribution is -2.36. The van der Waals surface area contributed by atoms with Gasteiger partial charge in [-0.25, -0.2) is 9.53 Å². The van der Waals surface area contributed by atoms with Crippen molar-refractivity contribution in [1.29, 1.82) is 0 Å². The highest BCUT2D eigenvalue weighted by atomic mass is 32.2. The highest BCUT2D eigenvalue weighted by molar-refractivity contribution is 7.86. The summed E-state index contributed by atoms with van der Waals surface area (Å²) in [4.78, 5) is 0. The van der Waals surface area contributed by atoms with E-state index in [4.69, 9.17) is 5.14 Å². The third-order valence-electron chi connectivity index (χ3n) is 3.03. The van der Waals surface area contributed by atoms with E-state index in [1.54, 1.807) is 12.1 Å². The van der Waals surface area contributed by atoms with Gasteiger partial charge in [-0.3, -0.25) is 0 Å². The van der Waals surface area contributed by atoms with Crippen molar-refractivity contribution in [3.05, 3.63) is 35.6 Å². The van der Waals surface area contributed by atoms with E-state index in [1.807, 2.05) is 6.92 Å². The van der Waals surface area contributed by atoms with Crippen LogP contribution in [0.3, 0.4) is 0 Å². The summed E-state index contributed by atoms with van der Waals surface area (Å²) in [7, 11) is -3.73. The van der Waals surface area contributed by atoms with Gasteiger partial charge in [-0.05, 0) is 30.0 Å². The summed E-state index contributed by atoms with van der Waals surface area (Å²) in [5, 5.41) is 5.17. The first kappa shape index (κ1) is 12.5. The van der Waals surface area contributed by atoms with E-state index in [9.17, 15) is 12.8 Å². The fraction of sp³-hybridized carbons (Fsp3) is 0.455. The Labute approximate surface area is 100 Å². The molecule has 2 atom stereocenters. The molecule has 1 fully saturated rings. The van der Waals surface area contributed by atoms with Crippen LogP contribution < -0.4 is 5.14 Å². The van der Waals surface area contributed by atoms with Gasteiger partial charge in [0.1, 0.15) is 5.82 Å². The first-order valence-corrected chi connectivity index (χ1v) is 6.93. The van der Waals surface area contributed by atoms with Crippen molar-refractivity contribution in [2.75, 3.05) is 6.54 Å². The van der Waals surface area contributed by atoms with Gasteiger partial charge < -0.3 is 0 Å². The van der Waals surface area contributed by atoms with Crippen molar-refractivity contribution >= 4 is 10.2 Å². The van der Waals surface area contributed by atoms with E-state index in [2.05, 4.69) is 0 Å². The SMILES string of the molecule is C[C@H]1C[C@@H](c2cccc(F)c2)N(S(N)(=O)=O)C1. The van der Waals surface area contributed by atoms with Gasteiger partial charge in [-0.2, -0.15) is 12.7 Å². The second kappa shape index (κ2) is 4.36. The average Bonchev–Trinajstić information content (AvgIpc) is 2.60. The summed E-state index contributed by atoms with van der Waals surface area (Å²) in [6.07, 6.45) is 0.667. The molecule has 2 N–H and O–H groups in total. The summed E-state index contributed by atoms with van der Waals surface area (Å²) in [6.45, 7) is 2.34. The molecule has 1 heterocycles. The fourth-order valence-corrected chi connectivity index (χ4v) is 3.33. The molecule has 6 heteroatoms. The summed E-state index contributed by atoms with van der Waals surface area (Å²) >= 11 is 0. The molecule has 0 radical (unpaired) electrons. The summed E-state index contributed by atoms with van der Waals surface area (Å²) in [5.41, 5.74) is 0.656. The third-order valence-corrected chi connectivity index (χ3v) is 4.08. The largest absolute Gasteiger partial charge is 0.277 e. The van der Waals surface area contributed by atoms with E-state index in [0.717, 1.165) is 0 Å². The van der Waals surface area contributed by atoms with Crippen molar-refractivity contribution in [3.63, 3.8) is 0 Å². The Hall–Kier alpha value is -0.980. The van der Waals surface area contributed by atoms with E-state index in [1.165, 1.54) is 16.4 Å². The average molecular weight is 258 g/mol. The number of hydrogen-bond acceptors (Lipinski definition) is 2. The van der Waals surface area contributed by atoms with E-state index in [0.29, 0.717) is 18.5 Å². The van der Waals surface area contributed by atoms with Crippen LogP contribution in [0.1, 0.15) is 24.9 Å². The molecule has 94 valence electrons. The molecule has 2 rings (SSSR count). The van der Waals surface area contributed by atoms with Gasteiger partial charge in [0.15, 0.2) is 0 Å². The molecule has 1 aliphatic heterocycles. The van der Waals surface area contributed by atoms with Crippen LogP contribution in [0.25, 0.3) is 0 Å². The molecule has 0 aromatic heterocycles. The zero-order chi connectivity index (χ0) is 12.6. The van der Waals surface area contributed by atoms with Crippen LogP contribution in [0, 0.1) is 11.7 Å². The number of benzene rings is 1. The van der Waals surface area contributed by atoms with E-state index >= 15 is 0 Å². The first-order valence-electron chi connectivity index (χ1n) is 5.43. The number of halogens is 1. The van der Waals surface area contributed by atoms with Crippen LogP contribution >= 0.6 is 0 Å². The molecule has 0 unspecified atom stereocenters. The topological polar surface area (TPSA) is 63.4 Å². The zero-order valence-electron chi connectivity index (χ0n) is 9.51. The molecule has 1 aromatic carbocycles. The molecular formula is C11H15FN2O2S. The Morgan fingerprint density at radius 1 is 1.47 bits per heavy atom. The van der Waals surface area contributed by atoms with Crippen LogP contribution in [0.5, 0.6) is 0 Å². The Kier molecular flexibility index (Phi) is 3.20. The quantitative estimate of drug-likeness (QED) is 0.871. The molecule has 1 aromatic rings. The lowest BCUT2D eigenvalue weighted by atomic mass is 10.0. The Morgan fingerprint density at radius 2 is 2.18 bits per heavy atom. The minimum absolute atomic E-state index is 0.224. The smallest absolute Gasteiger partial charge is 0.216 e. The number of rotatable bonds is 2. The Balaban J connectivity index is 2.37. The summed E-state index contributed by atoms with van der Waals surface area (Å²) in [5.74, 6) is -0.141. The van der Waals surface area contributed by atoms with Gasteiger partial charge in [0.2, 0.25) is 0 Å². The fourth-order valence-electron chi connectivity index (χ4n) is 2.31. The molecule has 17 heavy (non-hydrogen) atoms. The van der Waals surface area contributed by atoms with Crippen LogP contribution in [0.4, 0.5) is 4.39 Å². The van der Waals surface area contributed by atoms with Gasteiger partial charge in [0.05, 0.1) is 6.04 Å². The molecule has 1 aliphatic rings. The number of nitrogens with zero attached hydrogens (tertiary/aromatic N) is 1. The van der Waals surface area contributed by atoms with Crippen LogP contribution in [-0.4, -0.2) is 19.3 Å². The Bertz CT molecular complexity index is 518. The normalized spacial score (nSPS) is 26.3. The van der Waals surface area contributed by atoms with Gasteiger partial charge in [0.25, 0.3) is 10.2 Å². The molecule has 0 saturated carbocycles. The summed E-state index contributed by atoms with van der Waals surface area (Å²) < 4.78 is 37.3. The van der Waals surface area contributed by atoms with Crippen molar-refractivity contribution in [1.82, 2.24) is 4.31 Å². The van der Waals surface area contributed by atoms with Crippen molar-refractivity contribution in [3.8, 4) is 0 Å². The van der Waals surface area contributed by atoms with Crippen LogP contribution in [0.15, 0.2) is 24.3 Å². The van der Waals surface area contributed by atoms with Gasteiger partial charge in [0, 0.05) is 6.54 Å². The van der Waals surface area contributed by atoms with Gasteiger partial charge in [-0.1, -0.05) is 19.1 Å². The monoisotopic (exact) mass is 258 g/mol. The molecule has 0 spiro atoms. The van der Waals surface area contributed by atoms with Crippen LogP contribution in [0.2, 0.25) is 0 Å². The molecule has 1 saturated heterocycles. The van der Waals surface area contributed by atoms with Gasteiger partial charge >= 0.3 is 0 Å². The van der Waals surface area contributed by atoms with E-state index < -0.39 is 10.2 Å². The highest BCUT2D eigenvalue weighted by Gasteiger charge is 2.36. The second-order valence-corrected chi connectivity index (χ2v) is 6.03. The minimum Gasteiger partial charge on any atom is -0.216 e. The number of hydrogen-bond donors (Lipinski definition) is 1. The van der Waals surface area contributed by atoms with Crippen molar-refractivity contribution in [2.45, 2.75) is 19.4 Å². The predicted octanol–water partition coefficient (Wildman–Crippen LogP) is 1.41. The molecule has 0 amide bonds.